The van der Waals surface area contributed by atoms with Crippen LogP contribution in [0.5, 0.6) is 0 Å². The lowest BCUT2D eigenvalue weighted by atomic mass is 9.83. The van der Waals surface area contributed by atoms with Crippen molar-refractivity contribution in [3.8, 4) is 0 Å². The molecule has 0 bridgehead atoms. The summed E-state index contributed by atoms with van der Waals surface area (Å²) in [5, 5.41) is 9.68. The summed E-state index contributed by atoms with van der Waals surface area (Å²) >= 11 is 1.38. The third-order valence-electron chi connectivity index (χ3n) is 14.5. The molecule has 382 valence electrons. The fourth-order valence-electron chi connectivity index (χ4n) is 10.3. The Morgan fingerprint density at radius 1 is 0.853 bits per heavy atom. The number of ketones is 2. The average Bonchev–Trinajstić information content (AvgIpc) is 3.90. The summed E-state index contributed by atoms with van der Waals surface area (Å²) in [7, 11) is 6.37. The van der Waals surface area contributed by atoms with E-state index in [0.717, 1.165) is 5.56 Å². The minimum atomic E-state index is -1.05. The second kappa shape index (κ2) is 27.9. The normalized spacial score (nSPS) is 19.9. The number of benzene rings is 1. The van der Waals surface area contributed by atoms with Crippen LogP contribution < -0.4 is 0 Å². The van der Waals surface area contributed by atoms with Crippen LogP contribution in [0.3, 0.4) is 0 Å². The zero-order valence-corrected chi connectivity index (χ0v) is 43.8. The topological polar surface area (TPSA) is 188 Å². The first kappa shape index (κ1) is 58.2. The number of methoxy groups -OCH3 is 2. The van der Waals surface area contributed by atoms with Gasteiger partial charge in [0.1, 0.15) is 5.78 Å². The lowest BCUT2D eigenvalue weighted by Gasteiger charge is -2.41. The van der Waals surface area contributed by atoms with Crippen LogP contribution in [-0.4, -0.2) is 155 Å². The molecule has 0 saturated carbocycles. The van der Waals surface area contributed by atoms with Gasteiger partial charge >= 0.3 is 5.97 Å². The number of amides is 5. The fourth-order valence-corrected chi connectivity index (χ4v) is 10.9. The predicted molar refractivity (Wildman–Crippen MR) is 263 cm³/mol. The zero-order valence-electron chi connectivity index (χ0n) is 42.9. The molecule has 0 aliphatic carbocycles. The third kappa shape index (κ3) is 15.4. The summed E-state index contributed by atoms with van der Waals surface area (Å²) in [6.45, 7) is 14.1. The minimum absolute atomic E-state index is 0.0445. The summed E-state index contributed by atoms with van der Waals surface area (Å²) in [5.74, 6) is -5.30. The van der Waals surface area contributed by atoms with Crippen molar-refractivity contribution >= 4 is 58.8 Å². The number of hydrogen-bond donors (Lipinski definition) is 1. The molecule has 16 heteroatoms. The lowest BCUT2D eigenvalue weighted by Crippen LogP contribution is -2.54. The first-order valence-electron chi connectivity index (χ1n) is 24.7. The number of nitrogens with zero attached hydrogens (tertiary/aromatic N) is 4. The molecular weight excluding hydrogens is 889 g/mol. The van der Waals surface area contributed by atoms with E-state index in [-0.39, 0.29) is 103 Å². The maximum atomic E-state index is 14.7. The predicted octanol–water partition coefficient (Wildman–Crippen LogP) is 6.57. The summed E-state index contributed by atoms with van der Waals surface area (Å²) in [5.41, 5.74) is 0.829. The Labute approximate surface area is 410 Å². The Morgan fingerprint density at radius 2 is 1.51 bits per heavy atom. The number of thioether (sulfide) groups is 1. The number of likely N-dealkylation sites (tertiary alicyclic amines) is 2. The van der Waals surface area contributed by atoms with Crippen LogP contribution in [0.25, 0.3) is 0 Å². The van der Waals surface area contributed by atoms with Crippen molar-refractivity contribution in [2.24, 2.45) is 35.5 Å². The maximum Gasteiger partial charge on any atom is 0.307 e. The maximum absolute atomic E-state index is 14.7. The highest BCUT2D eigenvalue weighted by atomic mass is 32.2. The second-order valence-corrected chi connectivity index (χ2v) is 20.9. The first-order chi connectivity index (χ1) is 32.1. The third-order valence-corrected chi connectivity index (χ3v) is 15.5. The van der Waals surface area contributed by atoms with E-state index in [1.807, 2.05) is 78.1 Å². The van der Waals surface area contributed by atoms with Crippen LogP contribution in [0.4, 0.5) is 0 Å². The van der Waals surface area contributed by atoms with Gasteiger partial charge in [-0.25, -0.2) is 0 Å². The SMILES string of the molecule is CC[C@H](C)C([C@@H](CC(=O)N1CCC[C@H]1[C@H](OC)[C@@H](C)C(=O)C[C@@H](Cc1ccccc1)C(=O)O)OC)N(C)C(=O)[C@@H](CC(=O)[C@H](C(C)C)N(C)C(=O)CCCCCN1C(=O)CC(SC)C1=O)C(C)C. The molecule has 2 fully saturated rings. The van der Waals surface area contributed by atoms with Crippen molar-refractivity contribution in [2.75, 3.05) is 47.7 Å². The van der Waals surface area contributed by atoms with Crippen LogP contribution in [0.1, 0.15) is 125 Å². The molecule has 5 amide bonds. The van der Waals surface area contributed by atoms with Gasteiger partial charge < -0.3 is 29.3 Å². The Bertz CT molecular complexity index is 1860. The van der Waals surface area contributed by atoms with Gasteiger partial charge in [0.2, 0.25) is 29.5 Å². The molecule has 15 nitrogen and oxygen atoms in total. The van der Waals surface area contributed by atoms with Crippen LogP contribution in [0.15, 0.2) is 30.3 Å². The van der Waals surface area contributed by atoms with Gasteiger partial charge in [-0.3, -0.25) is 43.3 Å². The molecule has 0 aromatic heterocycles. The van der Waals surface area contributed by atoms with Gasteiger partial charge in [0.15, 0.2) is 5.78 Å². The molecular formula is C52H82N4O11S. The number of carbonyl (C=O) groups excluding carboxylic acids is 7. The van der Waals surface area contributed by atoms with Crippen LogP contribution in [0.2, 0.25) is 0 Å². The Hall–Kier alpha value is -4.15. The summed E-state index contributed by atoms with van der Waals surface area (Å²) in [6.07, 6.45) is 4.54. The molecule has 2 heterocycles. The Kier molecular flexibility index (Phi) is 23.9. The molecule has 2 aliphatic heterocycles. The molecule has 0 radical (unpaired) electrons. The lowest BCUT2D eigenvalue weighted by molar-refractivity contribution is -0.150. The number of ether oxygens (including phenoxy) is 2. The van der Waals surface area contributed by atoms with Gasteiger partial charge in [-0.15, -0.1) is 0 Å². The van der Waals surface area contributed by atoms with Crippen LogP contribution in [0, 0.1) is 35.5 Å². The van der Waals surface area contributed by atoms with E-state index in [4.69, 9.17) is 9.47 Å². The van der Waals surface area contributed by atoms with Gasteiger partial charge in [-0.05, 0) is 61.7 Å². The van der Waals surface area contributed by atoms with Crippen molar-refractivity contribution in [1.82, 2.24) is 19.6 Å². The minimum Gasteiger partial charge on any atom is -0.481 e. The summed E-state index contributed by atoms with van der Waals surface area (Å²) in [4.78, 5) is 114. The van der Waals surface area contributed by atoms with Gasteiger partial charge in [0.25, 0.3) is 0 Å². The van der Waals surface area contributed by atoms with Gasteiger partial charge in [0.05, 0.1) is 47.9 Å². The standard InChI is InChI=1S/C52H82N4O11S/c1-13-34(6)48(42(66-10)30-45(60)55-26-20-23-39(55)49(67-11)35(7)40(57)28-37(52(64)65)27-36-21-16-14-17-22-36)54(9)50(62)38(32(2)3)29-41(58)47(33(4)5)53(8)44(59)24-18-15-19-25-56-46(61)31-43(68-12)51(56)63/h14,16-17,21-22,32-35,37-39,42-43,47-49H,13,15,18-20,23-31H2,1-12H3,(H,64,65)/t34-,35-,37+,38-,39-,42+,43?,47-,48?,49+/m0/s1. The van der Waals surface area contributed by atoms with E-state index in [0.29, 0.717) is 51.6 Å². The fraction of sp³-hybridized carbons (Fsp3) is 0.731. The number of unbranched alkanes of at least 4 members (excludes halogenated alkanes) is 2. The number of likely N-dealkylation sites (N-methyl/N-ethyl adjacent to an activating group) is 2. The van der Waals surface area contributed by atoms with Crippen molar-refractivity contribution in [3.05, 3.63) is 35.9 Å². The smallest absolute Gasteiger partial charge is 0.307 e. The molecule has 2 unspecified atom stereocenters. The molecule has 1 aromatic rings. The van der Waals surface area contributed by atoms with E-state index >= 15 is 0 Å². The van der Waals surface area contributed by atoms with Gasteiger partial charge in [-0.2, -0.15) is 11.8 Å². The van der Waals surface area contributed by atoms with E-state index in [2.05, 4.69) is 0 Å². The largest absolute Gasteiger partial charge is 0.481 e. The molecule has 68 heavy (non-hydrogen) atoms. The number of Topliss-reactive ketones (excluding diaryl/α,β-unsaturated/α-hetero) is 2. The van der Waals surface area contributed by atoms with Crippen molar-refractivity contribution in [1.29, 1.82) is 0 Å². The molecule has 1 aromatic carbocycles. The van der Waals surface area contributed by atoms with Gasteiger partial charge in [0, 0.05) is 78.9 Å². The van der Waals surface area contributed by atoms with Crippen LogP contribution >= 0.6 is 11.8 Å². The quantitative estimate of drug-likeness (QED) is 0.0646. The molecule has 2 aliphatic rings. The van der Waals surface area contributed by atoms with E-state index < -0.39 is 54.1 Å². The van der Waals surface area contributed by atoms with Crippen molar-refractivity contribution in [3.63, 3.8) is 0 Å². The van der Waals surface area contributed by atoms with Crippen molar-refractivity contribution < 1.29 is 52.9 Å². The summed E-state index contributed by atoms with van der Waals surface area (Å²) < 4.78 is 12.0. The first-order valence-corrected chi connectivity index (χ1v) is 26.0. The van der Waals surface area contributed by atoms with E-state index in [1.54, 1.807) is 30.8 Å². The molecule has 0 spiro atoms. The highest BCUT2D eigenvalue weighted by Gasteiger charge is 2.44. The number of imide groups is 1. The number of rotatable bonds is 30. The number of aliphatic carboxylic acids is 1. The Balaban J connectivity index is 1.70. The van der Waals surface area contributed by atoms with Crippen molar-refractivity contribution in [2.45, 2.75) is 161 Å². The number of carboxylic acids is 1. The monoisotopic (exact) mass is 971 g/mol. The number of carboxylic acid groups (broad SMARTS) is 1. The number of carbonyl (C=O) groups is 8. The Morgan fingerprint density at radius 3 is 2.06 bits per heavy atom. The van der Waals surface area contributed by atoms with Gasteiger partial charge in [-0.1, -0.05) is 91.6 Å². The molecule has 2 saturated heterocycles. The average molecular weight is 971 g/mol. The van der Waals surface area contributed by atoms with Crippen LogP contribution in [-0.2, 0) is 54.3 Å². The molecule has 3 rings (SSSR count). The van der Waals surface area contributed by atoms with E-state index in [9.17, 15) is 43.5 Å². The highest BCUT2D eigenvalue weighted by Crippen LogP contribution is 2.32. The molecule has 1 N–H and O–H groups in total. The zero-order chi connectivity index (χ0) is 51.0. The molecule has 10 atom stereocenters. The van der Waals surface area contributed by atoms with E-state index in [1.165, 1.54) is 35.8 Å². The highest BCUT2D eigenvalue weighted by molar-refractivity contribution is 8.00. The number of hydrogen-bond acceptors (Lipinski definition) is 11. The summed E-state index contributed by atoms with van der Waals surface area (Å²) in [6, 6.07) is 7.49. The second-order valence-electron chi connectivity index (χ2n) is 19.8.